The third kappa shape index (κ3) is 6.57. The van der Waals surface area contributed by atoms with E-state index in [9.17, 15) is 23.9 Å². The van der Waals surface area contributed by atoms with Crippen LogP contribution in [0.25, 0.3) is 0 Å². The van der Waals surface area contributed by atoms with Gasteiger partial charge in [-0.15, -0.1) is 0 Å². The molecular weight excluding hydrogens is 431 g/mol. The Morgan fingerprint density at radius 1 is 1.24 bits per heavy atom. The van der Waals surface area contributed by atoms with E-state index >= 15 is 0 Å². The molecule has 1 aliphatic rings. The van der Waals surface area contributed by atoms with Gasteiger partial charge in [0.05, 0.1) is 18.8 Å². The van der Waals surface area contributed by atoms with Gasteiger partial charge >= 0.3 is 12.1 Å². The summed E-state index contributed by atoms with van der Waals surface area (Å²) >= 11 is 0. The number of carboxylic acid groups (broad SMARTS) is 1. The van der Waals surface area contributed by atoms with Crippen LogP contribution in [-0.2, 0) is 17.9 Å². The highest BCUT2D eigenvalue weighted by Gasteiger charge is 2.28. The normalized spacial score (nSPS) is 15.8. The first-order chi connectivity index (χ1) is 15.9. The number of hydrogen-bond acceptors (Lipinski definition) is 5. The predicted molar refractivity (Wildman–Crippen MR) is 119 cm³/mol. The minimum Gasteiger partial charge on any atom is -0.488 e. The van der Waals surface area contributed by atoms with E-state index in [1.165, 1.54) is 24.5 Å². The topological polar surface area (TPSA) is 98.1 Å². The van der Waals surface area contributed by atoms with Crippen molar-refractivity contribution in [3.63, 3.8) is 0 Å². The highest BCUT2D eigenvalue weighted by molar-refractivity contribution is 5.87. The number of carbonyl (C=O) groups excluding carboxylic acids is 1. The van der Waals surface area contributed by atoms with Crippen molar-refractivity contribution in [2.75, 3.05) is 13.2 Å². The third-order valence-corrected chi connectivity index (χ3v) is 5.57. The number of piperidine rings is 1. The SMILES string of the molecule is CCCCOc1cn(CC2CCCCN2C(=O)OCc2cccc(F)c2)cc(C(=O)O)c1=O. The number of hydrogen-bond donors (Lipinski definition) is 1. The number of benzene rings is 1. The second-order valence-electron chi connectivity index (χ2n) is 8.10. The maximum absolute atomic E-state index is 13.4. The number of carboxylic acids is 1. The van der Waals surface area contributed by atoms with E-state index in [0.29, 0.717) is 31.7 Å². The Morgan fingerprint density at radius 2 is 2.06 bits per heavy atom. The molecule has 1 atom stereocenters. The van der Waals surface area contributed by atoms with E-state index in [-0.39, 0.29) is 24.0 Å². The molecule has 8 nitrogen and oxygen atoms in total. The van der Waals surface area contributed by atoms with Crippen LogP contribution in [-0.4, -0.2) is 45.8 Å². The smallest absolute Gasteiger partial charge is 0.410 e. The van der Waals surface area contributed by atoms with E-state index in [1.807, 2.05) is 6.92 Å². The first-order valence-corrected chi connectivity index (χ1v) is 11.2. The maximum atomic E-state index is 13.4. The standard InChI is InChI=1S/C24H29FN2O6/c1-2-3-11-32-21-15-26(14-20(22(21)28)23(29)30)13-19-9-4-5-10-27(19)24(31)33-16-17-7-6-8-18(25)12-17/h6-8,12,14-15,19H,2-5,9-11,13,16H2,1H3,(H,29,30). The molecule has 1 N–H and O–H groups in total. The fraction of sp³-hybridized carbons (Fsp3) is 0.458. The molecule has 1 aromatic heterocycles. The second-order valence-corrected chi connectivity index (χ2v) is 8.10. The van der Waals surface area contributed by atoms with Gasteiger partial charge in [0.25, 0.3) is 0 Å². The molecule has 0 radical (unpaired) electrons. The lowest BCUT2D eigenvalue weighted by Crippen LogP contribution is -2.46. The summed E-state index contributed by atoms with van der Waals surface area (Å²) in [6, 6.07) is 5.62. The highest BCUT2D eigenvalue weighted by atomic mass is 19.1. The number of nitrogens with zero attached hydrogens (tertiary/aromatic N) is 2. The molecule has 1 aromatic carbocycles. The lowest BCUT2D eigenvalue weighted by Gasteiger charge is -2.35. The van der Waals surface area contributed by atoms with Crippen LogP contribution in [0, 0.1) is 5.82 Å². The van der Waals surface area contributed by atoms with Crippen molar-refractivity contribution < 1.29 is 28.6 Å². The fourth-order valence-electron chi connectivity index (χ4n) is 3.82. The van der Waals surface area contributed by atoms with Crippen molar-refractivity contribution in [3.05, 3.63) is 63.8 Å². The van der Waals surface area contributed by atoms with E-state index < -0.39 is 23.3 Å². The Kier molecular flexibility index (Phi) is 8.46. The van der Waals surface area contributed by atoms with Gasteiger partial charge < -0.3 is 24.0 Å². The van der Waals surface area contributed by atoms with Crippen LogP contribution in [0.2, 0.25) is 0 Å². The molecule has 0 aliphatic carbocycles. The first-order valence-electron chi connectivity index (χ1n) is 11.2. The molecule has 0 bridgehead atoms. The molecule has 0 spiro atoms. The van der Waals surface area contributed by atoms with Crippen LogP contribution in [0.15, 0.2) is 41.5 Å². The van der Waals surface area contributed by atoms with Crippen LogP contribution in [0.4, 0.5) is 9.18 Å². The summed E-state index contributed by atoms with van der Waals surface area (Å²) in [5, 5.41) is 9.45. The van der Waals surface area contributed by atoms with Crippen molar-refractivity contribution in [2.45, 2.75) is 58.2 Å². The number of unbranched alkanes of at least 4 members (excludes halogenated alkanes) is 1. The molecule has 9 heteroatoms. The molecule has 0 saturated carbocycles. The Morgan fingerprint density at radius 3 is 2.79 bits per heavy atom. The maximum Gasteiger partial charge on any atom is 0.410 e. The van der Waals surface area contributed by atoms with Gasteiger partial charge in [-0.05, 0) is 43.4 Å². The summed E-state index contributed by atoms with van der Waals surface area (Å²) in [5.74, 6) is -1.74. The predicted octanol–water partition coefficient (Wildman–Crippen LogP) is 4.06. The van der Waals surface area contributed by atoms with Crippen LogP contribution in [0.5, 0.6) is 5.75 Å². The Hall–Kier alpha value is -3.36. The molecule has 1 aliphatic heterocycles. The molecule has 2 heterocycles. The Balaban J connectivity index is 1.74. The summed E-state index contributed by atoms with van der Waals surface area (Å²) in [5.41, 5.74) is -0.484. The quantitative estimate of drug-likeness (QED) is 0.567. The van der Waals surface area contributed by atoms with E-state index in [0.717, 1.165) is 25.7 Å². The van der Waals surface area contributed by atoms with E-state index in [2.05, 4.69) is 0 Å². The number of pyridine rings is 1. The summed E-state index contributed by atoms with van der Waals surface area (Å²) in [6.07, 6.45) is 6.31. The van der Waals surface area contributed by atoms with Crippen molar-refractivity contribution >= 4 is 12.1 Å². The monoisotopic (exact) mass is 460 g/mol. The van der Waals surface area contributed by atoms with Crippen molar-refractivity contribution in [1.29, 1.82) is 0 Å². The average molecular weight is 461 g/mol. The average Bonchev–Trinajstić information content (AvgIpc) is 2.79. The van der Waals surface area contributed by atoms with Crippen LogP contribution >= 0.6 is 0 Å². The molecule has 2 aromatic rings. The zero-order valence-electron chi connectivity index (χ0n) is 18.7. The minimum atomic E-state index is -1.33. The molecule has 178 valence electrons. The van der Waals surface area contributed by atoms with Crippen LogP contribution in [0.3, 0.4) is 0 Å². The second kappa shape index (κ2) is 11.5. The molecule has 1 unspecified atom stereocenters. The first kappa shape index (κ1) is 24.3. The number of aromatic nitrogens is 1. The van der Waals surface area contributed by atoms with Crippen molar-refractivity contribution in [1.82, 2.24) is 9.47 Å². The van der Waals surface area contributed by atoms with Gasteiger partial charge in [0, 0.05) is 19.3 Å². The van der Waals surface area contributed by atoms with E-state index in [4.69, 9.17) is 9.47 Å². The zero-order chi connectivity index (χ0) is 23.8. The minimum absolute atomic E-state index is 0.0145. The van der Waals surface area contributed by atoms with Gasteiger partial charge in [0.1, 0.15) is 18.0 Å². The molecule has 1 fully saturated rings. The largest absolute Gasteiger partial charge is 0.488 e. The van der Waals surface area contributed by atoms with Crippen molar-refractivity contribution in [3.8, 4) is 5.75 Å². The number of carbonyl (C=O) groups is 2. The van der Waals surface area contributed by atoms with Gasteiger partial charge in [0.2, 0.25) is 5.43 Å². The number of ether oxygens (including phenoxy) is 2. The van der Waals surface area contributed by atoms with Crippen molar-refractivity contribution in [2.24, 2.45) is 0 Å². The highest BCUT2D eigenvalue weighted by Crippen LogP contribution is 2.21. The zero-order valence-corrected chi connectivity index (χ0v) is 18.7. The van der Waals surface area contributed by atoms with Gasteiger partial charge in [-0.25, -0.2) is 14.0 Å². The summed E-state index contributed by atoms with van der Waals surface area (Å²) in [7, 11) is 0. The summed E-state index contributed by atoms with van der Waals surface area (Å²) < 4.78 is 25.9. The molecule has 1 saturated heterocycles. The number of aromatic carboxylic acids is 1. The summed E-state index contributed by atoms with van der Waals surface area (Å²) in [4.78, 5) is 38.4. The Labute approximate surface area is 191 Å². The lowest BCUT2D eigenvalue weighted by molar-refractivity contribution is 0.0630. The van der Waals surface area contributed by atoms with Crippen LogP contribution < -0.4 is 10.2 Å². The molecule has 1 amide bonds. The molecular formula is C24H29FN2O6. The summed E-state index contributed by atoms with van der Waals surface area (Å²) in [6.45, 7) is 3.05. The number of halogens is 1. The van der Waals surface area contributed by atoms with Gasteiger partial charge in [-0.3, -0.25) is 4.79 Å². The van der Waals surface area contributed by atoms with Gasteiger partial charge in [-0.1, -0.05) is 25.5 Å². The van der Waals surface area contributed by atoms with E-state index in [1.54, 1.807) is 21.6 Å². The lowest BCUT2D eigenvalue weighted by atomic mass is 10.0. The fourth-order valence-corrected chi connectivity index (χ4v) is 3.82. The molecule has 33 heavy (non-hydrogen) atoms. The third-order valence-electron chi connectivity index (χ3n) is 5.57. The number of likely N-dealkylation sites (tertiary alicyclic amines) is 1. The van der Waals surface area contributed by atoms with Gasteiger partial charge in [0.15, 0.2) is 5.75 Å². The Bertz CT molecular complexity index is 1040. The number of rotatable bonds is 9. The van der Waals surface area contributed by atoms with Crippen LogP contribution in [0.1, 0.15) is 54.9 Å². The number of amides is 1. The molecule has 3 rings (SSSR count). The van der Waals surface area contributed by atoms with Gasteiger partial charge in [-0.2, -0.15) is 0 Å².